The molecule has 0 fully saturated rings. The van der Waals surface area contributed by atoms with Crippen molar-refractivity contribution >= 4 is 28.0 Å². The van der Waals surface area contributed by atoms with Crippen LogP contribution in [0.1, 0.15) is 34.2 Å². The molecule has 2 heterocycles. The van der Waals surface area contributed by atoms with Crippen molar-refractivity contribution in [3.05, 3.63) is 100 Å². The van der Waals surface area contributed by atoms with Gasteiger partial charge in [0.2, 0.25) is 0 Å². The van der Waals surface area contributed by atoms with E-state index in [9.17, 15) is 0 Å². The Labute approximate surface area is 207 Å². The Bertz CT molecular complexity index is 1500. The van der Waals surface area contributed by atoms with Gasteiger partial charge < -0.3 is 10.6 Å². The van der Waals surface area contributed by atoms with Crippen LogP contribution in [0.3, 0.4) is 0 Å². The molecule has 0 radical (unpaired) electrons. The summed E-state index contributed by atoms with van der Waals surface area (Å²) in [4.78, 5) is 11.1. The monoisotopic (exact) mass is 459 g/mol. The fraction of sp³-hybridized carbons (Fsp3) is 0.194. The molecule has 3 aromatic carbocycles. The van der Waals surface area contributed by atoms with Gasteiger partial charge in [-0.05, 0) is 74.1 Å². The Hall–Kier alpha value is -4.23. The summed E-state index contributed by atoms with van der Waals surface area (Å²) >= 11 is 0. The lowest BCUT2D eigenvalue weighted by Gasteiger charge is -2.33. The molecule has 4 aromatic rings. The van der Waals surface area contributed by atoms with Gasteiger partial charge in [-0.2, -0.15) is 0 Å². The molecule has 1 aliphatic rings. The molecule has 1 aromatic heterocycles. The van der Waals surface area contributed by atoms with Crippen LogP contribution in [0, 0.1) is 33.1 Å². The van der Waals surface area contributed by atoms with Gasteiger partial charge in [0.1, 0.15) is 5.69 Å². The van der Waals surface area contributed by atoms with E-state index in [4.69, 9.17) is 22.0 Å². The number of aryl methyl sites for hydroxylation is 4. The van der Waals surface area contributed by atoms with Gasteiger partial charge in [0.15, 0.2) is 11.6 Å². The van der Waals surface area contributed by atoms with Crippen molar-refractivity contribution in [2.45, 2.75) is 33.6 Å². The number of hydrogen-bond acceptors (Lipinski definition) is 4. The topological polar surface area (TPSA) is 51.4 Å². The maximum atomic E-state index is 6.54. The zero-order valence-corrected chi connectivity index (χ0v) is 20.4. The summed E-state index contributed by atoms with van der Waals surface area (Å²) in [7, 11) is 0. The van der Waals surface area contributed by atoms with Crippen LogP contribution in [0.2, 0.25) is 0 Å². The highest BCUT2D eigenvalue weighted by Gasteiger charge is 2.30. The standard InChI is InChI=1S/C31H29N3O/c1-5-26-24(15-14-23-13-11-20(2)17-22(23)4)19-34(35-25-9-7-6-8-10-25)30-29(26)27-16-12-21(3)18-28(27)33-31(30)32/h1,6-13,16-18H,14-15,19H2,2-4H3,(H2,32,33). The second-order valence-electron chi connectivity index (χ2n) is 9.24. The number of rotatable bonds is 5. The molecular formula is C31H29N3O. The highest BCUT2D eigenvalue weighted by Crippen LogP contribution is 2.43. The number of nitrogen functional groups attached to an aromatic ring is 1. The van der Waals surface area contributed by atoms with Crippen LogP contribution < -0.4 is 15.6 Å². The zero-order chi connectivity index (χ0) is 24.5. The van der Waals surface area contributed by atoms with Gasteiger partial charge in [-0.1, -0.05) is 60.0 Å². The van der Waals surface area contributed by atoms with Gasteiger partial charge in [0.05, 0.1) is 12.1 Å². The summed E-state index contributed by atoms with van der Waals surface area (Å²) in [6.45, 7) is 6.87. The number of anilines is 2. The van der Waals surface area contributed by atoms with E-state index in [1.165, 1.54) is 16.7 Å². The summed E-state index contributed by atoms with van der Waals surface area (Å²) < 4.78 is 0. The van der Waals surface area contributed by atoms with E-state index in [2.05, 4.69) is 57.0 Å². The van der Waals surface area contributed by atoms with Crippen LogP contribution in [0.5, 0.6) is 5.75 Å². The number of aromatic nitrogens is 1. The van der Waals surface area contributed by atoms with E-state index in [-0.39, 0.29) is 0 Å². The molecule has 0 spiro atoms. The summed E-state index contributed by atoms with van der Waals surface area (Å²) in [6.07, 6.45) is 7.90. The number of fused-ring (bicyclic) bond motifs is 3. The molecule has 0 saturated heterocycles. The molecule has 0 bridgehead atoms. The third-order valence-corrected chi connectivity index (χ3v) is 6.63. The van der Waals surface area contributed by atoms with Gasteiger partial charge in [0.25, 0.3) is 0 Å². The lowest BCUT2D eigenvalue weighted by atomic mass is 9.88. The number of para-hydroxylation sites is 1. The number of terminal acetylenes is 1. The fourth-order valence-corrected chi connectivity index (χ4v) is 4.87. The van der Waals surface area contributed by atoms with Crippen molar-refractivity contribution in [2.75, 3.05) is 17.3 Å². The summed E-state index contributed by atoms with van der Waals surface area (Å²) in [5.41, 5.74) is 16.1. The first-order chi connectivity index (χ1) is 16.9. The molecule has 4 heteroatoms. The van der Waals surface area contributed by atoms with Crippen molar-refractivity contribution in [3.8, 4) is 18.1 Å². The normalized spacial score (nSPS) is 13.0. The summed E-state index contributed by atoms with van der Waals surface area (Å²) in [6, 6.07) is 22.6. The number of pyridine rings is 1. The van der Waals surface area contributed by atoms with Crippen molar-refractivity contribution in [1.29, 1.82) is 0 Å². The van der Waals surface area contributed by atoms with Crippen LogP contribution in [0.15, 0.2) is 72.3 Å². The largest absolute Gasteiger partial charge is 0.382 e. The van der Waals surface area contributed by atoms with E-state index in [0.29, 0.717) is 12.4 Å². The van der Waals surface area contributed by atoms with Crippen LogP contribution in [-0.2, 0) is 6.42 Å². The van der Waals surface area contributed by atoms with Crippen LogP contribution in [-0.4, -0.2) is 11.5 Å². The van der Waals surface area contributed by atoms with E-state index < -0.39 is 0 Å². The highest BCUT2D eigenvalue weighted by atomic mass is 16.7. The number of nitrogens with zero attached hydrogens (tertiary/aromatic N) is 2. The molecule has 0 amide bonds. The number of hydrogen-bond donors (Lipinski definition) is 1. The summed E-state index contributed by atoms with van der Waals surface area (Å²) in [5, 5.41) is 2.84. The third-order valence-electron chi connectivity index (χ3n) is 6.63. The first kappa shape index (κ1) is 22.6. The smallest absolute Gasteiger partial charge is 0.155 e. The van der Waals surface area contributed by atoms with Crippen molar-refractivity contribution in [1.82, 2.24) is 4.98 Å². The third kappa shape index (κ3) is 4.34. The maximum Gasteiger partial charge on any atom is 0.155 e. The molecule has 174 valence electrons. The molecule has 5 rings (SSSR count). The Kier molecular flexibility index (Phi) is 5.93. The first-order valence-corrected chi connectivity index (χ1v) is 11.9. The van der Waals surface area contributed by atoms with Gasteiger partial charge in [-0.3, -0.25) is 0 Å². The van der Waals surface area contributed by atoms with E-state index >= 15 is 0 Å². The Morgan fingerprint density at radius 1 is 0.971 bits per heavy atom. The Morgan fingerprint density at radius 2 is 1.71 bits per heavy atom. The number of allylic oxidation sites excluding steroid dienone is 1. The molecular weight excluding hydrogens is 430 g/mol. The van der Waals surface area contributed by atoms with Gasteiger partial charge in [-0.15, -0.1) is 6.42 Å². The van der Waals surface area contributed by atoms with Crippen molar-refractivity contribution in [2.24, 2.45) is 0 Å². The Balaban J connectivity index is 1.64. The quantitative estimate of drug-likeness (QED) is 0.343. The minimum atomic E-state index is 0.412. The van der Waals surface area contributed by atoms with Crippen LogP contribution >= 0.6 is 0 Å². The second-order valence-corrected chi connectivity index (χ2v) is 9.24. The second kappa shape index (κ2) is 9.19. The van der Waals surface area contributed by atoms with E-state index in [1.807, 2.05) is 41.5 Å². The molecule has 0 saturated carbocycles. The summed E-state index contributed by atoms with van der Waals surface area (Å²) in [5.74, 6) is 4.15. The Morgan fingerprint density at radius 3 is 2.46 bits per heavy atom. The predicted octanol–water partition coefficient (Wildman–Crippen LogP) is 6.58. The lowest BCUT2D eigenvalue weighted by Crippen LogP contribution is -2.34. The number of hydroxylamine groups is 1. The first-order valence-electron chi connectivity index (χ1n) is 11.9. The van der Waals surface area contributed by atoms with Gasteiger partial charge >= 0.3 is 0 Å². The van der Waals surface area contributed by atoms with Gasteiger partial charge in [0, 0.05) is 16.5 Å². The number of benzene rings is 3. The van der Waals surface area contributed by atoms with E-state index in [1.54, 1.807) is 0 Å². The molecule has 0 unspecified atom stereocenters. The van der Waals surface area contributed by atoms with Crippen LogP contribution in [0.25, 0.3) is 16.5 Å². The SMILES string of the molecule is C#CC1=C(CCc2ccc(C)cc2C)CN(Oc2ccccc2)c2c(N)nc3cc(C)ccc3c21. The fourth-order valence-electron chi connectivity index (χ4n) is 4.87. The molecule has 0 aliphatic carbocycles. The van der Waals surface area contributed by atoms with E-state index in [0.717, 1.165) is 57.5 Å². The molecule has 1 aliphatic heterocycles. The number of nitrogens with two attached hydrogens (primary N) is 1. The maximum absolute atomic E-state index is 6.54. The average molecular weight is 460 g/mol. The van der Waals surface area contributed by atoms with Crippen LogP contribution in [0.4, 0.5) is 11.5 Å². The minimum Gasteiger partial charge on any atom is -0.382 e. The average Bonchev–Trinajstić information content (AvgIpc) is 2.83. The van der Waals surface area contributed by atoms with Gasteiger partial charge in [-0.25, -0.2) is 10.0 Å². The molecule has 2 N–H and O–H groups in total. The molecule has 4 nitrogen and oxygen atoms in total. The highest BCUT2D eigenvalue weighted by molar-refractivity contribution is 6.06. The van der Waals surface area contributed by atoms with Crippen molar-refractivity contribution in [3.63, 3.8) is 0 Å². The molecule has 0 atom stereocenters. The lowest BCUT2D eigenvalue weighted by molar-refractivity contribution is 0.286. The predicted molar refractivity (Wildman–Crippen MR) is 145 cm³/mol. The zero-order valence-electron chi connectivity index (χ0n) is 20.4. The minimum absolute atomic E-state index is 0.412. The van der Waals surface area contributed by atoms with Crippen molar-refractivity contribution < 1.29 is 4.84 Å². The molecule has 35 heavy (non-hydrogen) atoms.